The number of phenolic OH excluding ortho intramolecular Hbond substituents is 1. The molecule has 2 fully saturated rings. The molecule has 7 nitrogen and oxygen atoms in total. The van der Waals surface area contributed by atoms with Gasteiger partial charge in [0, 0.05) is 0 Å². The first kappa shape index (κ1) is 30.4. The third kappa shape index (κ3) is 5.78. The van der Waals surface area contributed by atoms with Gasteiger partial charge in [-0.1, -0.05) is 13.3 Å². The van der Waals surface area contributed by atoms with Crippen LogP contribution in [0.5, 0.6) is 5.75 Å². The first-order valence-electron chi connectivity index (χ1n) is 13.4. The Balaban J connectivity index is 1.65. The van der Waals surface area contributed by atoms with Crippen molar-refractivity contribution in [1.29, 1.82) is 0 Å². The van der Waals surface area contributed by atoms with Crippen LogP contribution in [0, 0.1) is 0 Å². The molecule has 2 aromatic carbocycles. The van der Waals surface area contributed by atoms with Gasteiger partial charge in [0.15, 0.2) is 0 Å². The van der Waals surface area contributed by atoms with E-state index in [1.807, 2.05) is 47.0 Å². The standard InChI is InChI=1S/C29H27As2NO6S4/c1-2-3-10-32-28(35)16-4-5-17(20(15-16)29(36)37)23-18-6-8-21(33)24(30-39-11-12-40-30)26(18)38-27-19(23)7-9-22(34)25(27)31-41-13-14-42-31/h4-9,15,33H,2-3,10-14H2,1H3,(H,32,35)(H,36,37). The number of fused-ring (bicyclic) bond motifs is 2. The Hall–Kier alpha value is -1.61. The zero-order valence-electron chi connectivity index (χ0n) is 22.5. The Morgan fingerprint density at radius 1 is 0.929 bits per heavy atom. The van der Waals surface area contributed by atoms with Gasteiger partial charge >= 0.3 is 254 Å². The van der Waals surface area contributed by atoms with E-state index in [-0.39, 0.29) is 28.2 Å². The van der Waals surface area contributed by atoms with Crippen LogP contribution in [0.1, 0.15) is 40.5 Å². The summed E-state index contributed by atoms with van der Waals surface area (Å²) in [6.07, 6.45) is 1.77. The van der Waals surface area contributed by atoms with Crippen LogP contribution in [0.3, 0.4) is 0 Å². The molecule has 1 aliphatic carbocycles. The molecular weight excluding hydrogens is 736 g/mol. The van der Waals surface area contributed by atoms with E-state index in [0.29, 0.717) is 44.3 Å². The minimum absolute atomic E-state index is 0.000682. The average Bonchev–Trinajstić information content (AvgIpc) is 3.71. The zero-order chi connectivity index (χ0) is 29.4. The number of carbonyl (C=O) groups excluding carboxylic acids is 1. The number of carbonyl (C=O) groups is 2. The summed E-state index contributed by atoms with van der Waals surface area (Å²) in [7, 11) is 7.44. The molecular formula is C29H27As2NO6S4. The molecule has 0 bridgehead atoms. The van der Waals surface area contributed by atoms with Gasteiger partial charge < -0.3 is 0 Å². The maximum atomic E-state index is 13.4. The molecule has 3 heterocycles. The Bertz CT molecular complexity index is 1720. The van der Waals surface area contributed by atoms with Gasteiger partial charge in [0.2, 0.25) is 0 Å². The summed E-state index contributed by atoms with van der Waals surface area (Å²) in [5.41, 5.74) is 2.53. The van der Waals surface area contributed by atoms with Crippen molar-refractivity contribution in [1.82, 2.24) is 5.32 Å². The first-order chi connectivity index (χ1) is 20.4. The molecule has 42 heavy (non-hydrogen) atoms. The quantitative estimate of drug-likeness (QED) is 0.131. The molecule has 0 radical (unpaired) electrons. The molecule has 0 spiro atoms. The molecule has 3 N–H and O–H groups in total. The fourth-order valence-corrected chi connectivity index (χ4v) is 34.6. The first-order valence-corrected chi connectivity index (χ1v) is 28.3. The summed E-state index contributed by atoms with van der Waals surface area (Å²) in [5, 5.41) is 25.1. The van der Waals surface area contributed by atoms with Crippen LogP contribution in [-0.4, -0.2) is 76.3 Å². The Morgan fingerprint density at radius 2 is 1.60 bits per heavy atom. The number of aromatic carboxylic acids is 1. The van der Waals surface area contributed by atoms with Crippen LogP contribution < -0.4 is 19.4 Å². The van der Waals surface area contributed by atoms with Gasteiger partial charge in [-0.3, -0.25) is 0 Å². The average molecular weight is 764 g/mol. The van der Waals surface area contributed by atoms with Crippen molar-refractivity contribution >= 4 is 96.3 Å². The number of hydrogen-bond donors (Lipinski definition) is 3. The molecule has 2 saturated heterocycles. The van der Waals surface area contributed by atoms with Crippen LogP contribution in [0.4, 0.5) is 0 Å². The minimum atomic E-state index is -1.83. The van der Waals surface area contributed by atoms with E-state index in [1.165, 1.54) is 6.07 Å². The number of unbranched alkanes of at least 4 members (excludes halogenated alkanes) is 1. The monoisotopic (exact) mass is 763 g/mol. The van der Waals surface area contributed by atoms with Crippen molar-refractivity contribution in [2.45, 2.75) is 19.8 Å². The van der Waals surface area contributed by atoms with E-state index in [0.717, 1.165) is 40.2 Å². The zero-order valence-corrected chi connectivity index (χ0v) is 29.6. The molecule has 2 aromatic rings. The molecule has 0 saturated carbocycles. The van der Waals surface area contributed by atoms with Crippen LogP contribution >= 0.6 is 40.1 Å². The number of nitrogens with one attached hydrogen (secondary N) is 1. The van der Waals surface area contributed by atoms with Gasteiger partial charge in [-0.2, -0.15) is 0 Å². The number of carboxylic acids is 1. The van der Waals surface area contributed by atoms with E-state index in [1.54, 1.807) is 36.4 Å². The normalized spacial score (nSPS) is 16.0. The number of amides is 1. The Kier molecular flexibility index (Phi) is 9.54. The number of carboxylic acid groups (broad SMARTS) is 1. The van der Waals surface area contributed by atoms with E-state index in [4.69, 9.17) is 4.42 Å². The van der Waals surface area contributed by atoms with Crippen molar-refractivity contribution in [3.63, 3.8) is 0 Å². The third-order valence-corrected chi connectivity index (χ3v) is 34.1. The Labute approximate surface area is 265 Å². The van der Waals surface area contributed by atoms with Crippen LogP contribution in [0.2, 0.25) is 0 Å². The summed E-state index contributed by atoms with van der Waals surface area (Å²) in [6, 6.07) is 11.5. The van der Waals surface area contributed by atoms with Crippen molar-refractivity contribution in [2.24, 2.45) is 0 Å². The van der Waals surface area contributed by atoms with Crippen molar-refractivity contribution in [2.75, 3.05) is 29.6 Å². The summed E-state index contributed by atoms with van der Waals surface area (Å²) in [5.74, 6) is 3.20. The summed E-state index contributed by atoms with van der Waals surface area (Å²) in [4.78, 5) is 38.9. The van der Waals surface area contributed by atoms with Crippen molar-refractivity contribution in [3.8, 4) is 28.2 Å². The second-order valence-corrected chi connectivity index (χ2v) is 32.8. The van der Waals surface area contributed by atoms with Crippen molar-refractivity contribution < 1.29 is 24.2 Å². The SMILES string of the molecule is CCCCNC(=O)c1ccc(-c2c3ccc(=O)c([As]4SCCS4)c-3oc3c([As]4SCCS4)c(O)ccc23)c(C(=O)O)c1. The van der Waals surface area contributed by atoms with Crippen LogP contribution in [0.25, 0.3) is 33.4 Å². The molecule has 3 aliphatic heterocycles. The van der Waals surface area contributed by atoms with Gasteiger partial charge in [0.25, 0.3) is 0 Å². The number of phenols is 1. The molecule has 4 aliphatic rings. The fraction of sp³-hybridized carbons (Fsp3) is 0.276. The van der Waals surface area contributed by atoms with E-state index >= 15 is 0 Å². The third-order valence-electron chi connectivity index (χ3n) is 6.91. The number of rotatable bonds is 8. The molecule has 6 rings (SSSR count). The molecule has 218 valence electrons. The molecule has 0 aromatic heterocycles. The summed E-state index contributed by atoms with van der Waals surface area (Å²) in [6.45, 7) is 2.56. The molecule has 0 atom stereocenters. The number of aromatic hydroxyl groups is 1. The van der Waals surface area contributed by atoms with Gasteiger partial charge in [-0.25, -0.2) is 0 Å². The summed E-state index contributed by atoms with van der Waals surface area (Å²) < 4.78 is 8.24. The second kappa shape index (κ2) is 13.2. The molecule has 13 heteroatoms. The number of hydrogen-bond acceptors (Lipinski definition) is 9. The van der Waals surface area contributed by atoms with Crippen LogP contribution in [0.15, 0.2) is 51.7 Å². The molecule has 1 amide bonds. The fourth-order valence-electron chi connectivity index (χ4n) is 4.98. The predicted molar refractivity (Wildman–Crippen MR) is 181 cm³/mol. The van der Waals surface area contributed by atoms with Crippen LogP contribution in [-0.2, 0) is 0 Å². The predicted octanol–water partition coefficient (Wildman–Crippen LogP) is 4.85. The van der Waals surface area contributed by atoms with E-state index in [9.17, 15) is 24.6 Å². The Morgan fingerprint density at radius 3 is 2.26 bits per heavy atom. The summed E-state index contributed by atoms with van der Waals surface area (Å²) >= 11 is -3.62. The van der Waals surface area contributed by atoms with E-state index < -0.39 is 30.6 Å². The van der Waals surface area contributed by atoms with Crippen molar-refractivity contribution in [3.05, 3.63) is 63.8 Å². The second-order valence-electron chi connectivity index (χ2n) is 9.60. The van der Waals surface area contributed by atoms with Gasteiger partial charge in [-0.05, 0) is 0 Å². The van der Waals surface area contributed by atoms with E-state index in [2.05, 4.69) is 5.32 Å². The van der Waals surface area contributed by atoms with Gasteiger partial charge in [-0.15, -0.1) is 0 Å². The maximum absolute atomic E-state index is 13.4. The van der Waals surface area contributed by atoms with Gasteiger partial charge in [0.1, 0.15) is 0 Å². The molecule has 0 unspecified atom stereocenters. The van der Waals surface area contributed by atoms with Gasteiger partial charge in [0.05, 0.1) is 0 Å². The number of benzene rings is 3. The topological polar surface area (TPSA) is 117 Å².